The average molecular weight is 103 g/mol. The van der Waals surface area contributed by atoms with Crippen LogP contribution in [0.3, 0.4) is 0 Å². The van der Waals surface area contributed by atoms with Crippen LogP contribution in [0, 0.1) is 0 Å². The molecule has 2 nitrogen and oxygen atoms in total. The highest BCUT2D eigenvalue weighted by Crippen LogP contribution is 1.75. The number of ether oxygens (including phenoxy) is 1. The van der Waals surface area contributed by atoms with Crippen LogP contribution in [-0.2, 0) is 9.53 Å². The van der Waals surface area contributed by atoms with Gasteiger partial charge in [-0.3, -0.25) is 0 Å². The molecule has 0 aromatic carbocycles. The van der Waals surface area contributed by atoms with E-state index < -0.39 is 6.26 Å². The number of hydrogen-bond acceptors (Lipinski definition) is 2. The van der Waals surface area contributed by atoms with Gasteiger partial charge in [0.2, 0.25) is 0 Å². The van der Waals surface area contributed by atoms with Gasteiger partial charge >= 0.3 is 0 Å². The highest BCUT2D eigenvalue weighted by atomic mass is 16.5. The Bertz CT molecular complexity index is 72.8. The molecule has 42 valence electrons. The minimum absolute atomic E-state index is 0.0617. The summed E-state index contributed by atoms with van der Waals surface area (Å²) in [6.07, 6.45) is 0.242. The van der Waals surface area contributed by atoms with Crippen molar-refractivity contribution in [3.8, 4) is 0 Å². The van der Waals surface area contributed by atoms with Crippen molar-refractivity contribution >= 4 is 6.26 Å². The maximum atomic E-state index is 9.86. The van der Waals surface area contributed by atoms with Crippen LogP contribution in [0.25, 0.3) is 0 Å². The van der Waals surface area contributed by atoms with Gasteiger partial charge < -0.3 is 9.53 Å². The molecule has 2 heteroatoms. The molecule has 0 fully saturated rings. The quantitative estimate of drug-likeness (QED) is 0.385. The zero-order valence-electron chi connectivity index (χ0n) is 5.44. The van der Waals surface area contributed by atoms with Crippen molar-refractivity contribution in [2.75, 3.05) is 13.2 Å². The summed E-state index contributed by atoms with van der Waals surface area (Å²) in [7, 11) is 0. The van der Waals surface area contributed by atoms with Crippen LogP contribution < -0.4 is 0 Å². The summed E-state index contributed by atoms with van der Waals surface area (Å²) in [6.45, 7) is 2.47. The standard InChI is InChI=1S/C5H10O2/c1-2-4-7-5-3-6/h3H,2,4-5H2,1H3/i3D. The van der Waals surface area contributed by atoms with E-state index in [1.165, 1.54) is 0 Å². The molecule has 0 rings (SSSR count). The fourth-order valence-electron chi connectivity index (χ4n) is 0.258. The van der Waals surface area contributed by atoms with Crippen LogP contribution in [0.2, 0.25) is 0 Å². The molecule has 0 saturated heterocycles. The Morgan fingerprint density at radius 2 is 2.71 bits per heavy atom. The maximum absolute atomic E-state index is 9.86. The van der Waals surface area contributed by atoms with E-state index >= 15 is 0 Å². The van der Waals surface area contributed by atoms with Crippen molar-refractivity contribution in [2.24, 2.45) is 0 Å². The van der Waals surface area contributed by atoms with Crippen LogP contribution in [0.15, 0.2) is 0 Å². The normalized spacial score (nSPS) is 10.7. The lowest BCUT2D eigenvalue weighted by Gasteiger charge is -1.90. The Labute approximate surface area is 44.9 Å². The summed E-state index contributed by atoms with van der Waals surface area (Å²) in [5.74, 6) is 0. The Kier molecular flexibility index (Phi) is 3.85. The van der Waals surface area contributed by atoms with Crippen molar-refractivity contribution in [2.45, 2.75) is 13.3 Å². The number of aldehydes is 1. The van der Waals surface area contributed by atoms with E-state index in [9.17, 15) is 4.79 Å². The first-order chi connectivity index (χ1) is 3.77. The molecule has 0 N–H and O–H groups in total. The fourth-order valence-corrected chi connectivity index (χ4v) is 0.258. The molecule has 0 amide bonds. The predicted molar refractivity (Wildman–Crippen MR) is 27.2 cm³/mol. The van der Waals surface area contributed by atoms with Crippen molar-refractivity contribution in [1.82, 2.24) is 0 Å². The Balaban J connectivity index is 2.82. The Hall–Kier alpha value is -0.370. The van der Waals surface area contributed by atoms with Crippen LogP contribution in [0.1, 0.15) is 14.7 Å². The van der Waals surface area contributed by atoms with Gasteiger partial charge in [-0.1, -0.05) is 6.92 Å². The summed E-state index contributed by atoms with van der Waals surface area (Å²) in [5, 5.41) is 0. The van der Waals surface area contributed by atoms with Crippen molar-refractivity contribution in [3.05, 3.63) is 0 Å². The third kappa shape index (κ3) is 5.63. The van der Waals surface area contributed by atoms with Gasteiger partial charge in [-0.25, -0.2) is 0 Å². The number of carbonyl (C=O) groups excluding carboxylic acids is 1. The zero-order chi connectivity index (χ0) is 6.41. The topological polar surface area (TPSA) is 26.3 Å². The first kappa shape index (κ1) is 4.78. The molecule has 0 saturated carbocycles. The largest absolute Gasteiger partial charge is 0.374 e. The van der Waals surface area contributed by atoms with Crippen molar-refractivity contribution < 1.29 is 10.9 Å². The molecule has 0 aromatic rings. The van der Waals surface area contributed by atoms with E-state index in [-0.39, 0.29) is 6.61 Å². The number of carbonyl (C=O) groups is 1. The number of hydrogen-bond donors (Lipinski definition) is 0. The summed E-state index contributed by atoms with van der Waals surface area (Å²) in [6, 6.07) is 0. The number of rotatable bonds is 4. The minimum atomic E-state index is -0.654. The van der Waals surface area contributed by atoms with Gasteiger partial charge in [0.1, 0.15) is 14.2 Å². The molecule has 0 aliphatic carbocycles. The average Bonchev–Trinajstić information content (AvgIpc) is 1.66. The monoisotopic (exact) mass is 103 g/mol. The second-order valence-corrected chi connectivity index (χ2v) is 1.20. The highest BCUT2D eigenvalue weighted by molar-refractivity contribution is 5.50. The van der Waals surface area contributed by atoms with E-state index in [2.05, 4.69) is 0 Å². The lowest BCUT2D eigenvalue weighted by molar-refractivity contribution is -0.111. The van der Waals surface area contributed by atoms with Crippen molar-refractivity contribution in [1.29, 1.82) is 0 Å². The molecule has 0 unspecified atom stereocenters. The van der Waals surface area contributed by atoms with E-state index in [0.29, 0.717) is 6.61 Å². The van der Waals surface area contributed by atoms with Crippen LogP contribution in [0.5, 0.6) is 0 Å². The molecule has 0 spiro atoms. The molecule has 0 radical (unpaired) electrons. The second-order valence-electron chi connectivity index (χ2n) is 1.20. The van der Waals surface area contributed by atoms with Crippen molar-refractivity contribution in [3.63, 3.8) is 0 Å². The van der Waals surface area contributed by atoms with Crippen LogP contribution in [0.4, 0.5) is 0 Å². The van der Waals surface area contributed by atoms with Gasteiger partial charge in [-0.15, -0.1) is 0 Å². The molecule has 0 aliphatic heterocycles. The zero-order valence-corrected chi connectivity index (χ0v) is 4.44. The van der Waals surface area contributed by atoms with Crippen LogP contribution >= 0.6 is 0 Å². The van der Waals surface area contributed by atoms with E-state index in [0.717, 1.165) is 6.42 Å². The first-order valence-electron chi connectivity index (χ1n) is 2.84. The lowest BCUT2D eigenvalue weighted by atomic mass is 10.5. The summed E-state index contributed by atoms with van der Waals surface area (Å²) in [5.41, 5.74) is 0. The predicted octanol–water partition coefficient (Wildman–Crippen LogP) is 0.612. The smallest absolute Gasteiger partial charge is 0.145 e. The molecule has 0 aromatic heterocycles. The Morgan fingerprint density at radius 3 is 3.14 bits per heavy atom. The SMILES string of the molecule is [2H]C(=O)COCCC. The minimum Gasteiger partial charge on any atom is -0.374 e. The first-order valence-corrected chi connectivity index (χ1v) is 2.34. The van der Waals surface area contributed by atoms with E-state index in [1.807, 2.05) is 6.92 Å². The molecular formula is C5H10O2. The summed E-state index contributed by atoms with van der Waals surface area (Å²) in [4.78, 5) is 9.86. The van der Waals surface area contributed by atoms with Crippen LogP contribution in [-0.4, -0.2) is 19.5 Å². The molecule has 7 heavy (non-hydrogen) atoms. The summed E-state index contributed by atoms with van der Waals surface area (Å²) < 4.78 is 11.1. The maximum Gasteiger partial charge on any atom is 0.145 e. The van der Waals surface area contributed by atoms with E-state index in [1.54, 1.807) is 0 Å². The molecule has 0 heterocycles. The third-order valence-electron chi connectivity index (χ3n) is 0.509. The van der Waals surface area contributed by atoms with Gasteiger partial charge in [0.25, 0.3) is 0 Å². The van der Waals surface area contributed by atoms with Gasteiger partial charge in [0, 0.05) is 6.61 Å². The fraction of sp³-hybridized carbons (Fsp3) is 0.800. The van der Waals surface area contributed by atoms with Gasteiger partial charge in [0.15, 0.2) is 0 Å². The van der Waals surface area contributed by atoms with Gasteiger partial charge in [0.05, 0.1) is 0 Å². The van der Waals surface area contributed by atoms with Gasteiger partial charge in [-0.2, -0.15) is 0 Å². The molecule has 0 bridgehead atoms. The third-order valence-corrected chi connectivity index (χ3v) is 0.509. The molecule has 0 atom stereocenters. The Morgan fingerprint density at radius 1 is 2.00 bits per heavy atom. The van der Waals surface area contributed by atoms with Gasteiger partial charge in [-0.05, 0) is 6.42 Å². The highest BCUT2D eigenvalue weighted by Gasteiger charge is 1.77. The van der Waals surface area contributed by atoms with E-state index in [4.69, 9.17) is 6.11 Å². The molecule has 0 aliphatic rings. The second kappa shape index (κ2) is 5.63. The lowest BCUT2D eigenvalue weighted by Crippen LogP contribution is -1.94. The molecular weight excluding hydrogens is 92.1 g/mol. The summed E-state index contributed by atoms with van der Waals surface area (Å²) >= 11 is 0.